The Bertz CT molecular complexity index is 426. The van der Waals surface area contributed by atoms with Gasteiger partial charge in [-0.1, -0.05) is 31.9 Å². The van der Waals surface area contributed by atoms with E-state index < -0.39 is 5.97 Å². The van der Waals surface area contributed by atoms with Crippen molar-refractivity contribution in [3.63, 3.8) is 0 Å². The summed E-state index contributed by atoms with van der Waals surface area (Å²) >= 11 is 2.04. The molecule has 2 heterocycles. The molecule has 150 valence electrons. The van der Waals surface area contributed by atoms with Gasteiger partial charge in [0.25, 0.3) is 0 Å². The summed E-state index contributed by atoms with van der Waals surface area (Å²) in [5, 5.41) is 8.65. The van der Waals surface area contributed by atoms with Crippen molar-refractivity contribution in [3.05, 3.63) is 12.2 Å². The van der Waals surface area contributed by atoms with Gasteiger partial charge in [-0.05, 0) is 56.1 Å². The van der Waals surface area contributed by atoms with Crippen LogP contribution in [0.4, 0.5) is 0 Å². The average Bonchev–Trinajstić information content (AvgIpc) is 3.22. The standard InChI is InChI=1S/C21H36O4S/c1-2-3-4-5-6-15-26-16-12-18-17(19-9-10-20(18)25-19)11-14-24-13-7-8-21(22)23/h5-6,17-20H,2-4,7-16H2,1H3,(H,22,23). The summed E-state index contributed by atoms with van der Waals surface area (Å²) in [5.74, 6) is 2.92. The van der Waals surface area contributed by atoms with Crippen LogP contribution in [0.3, 0.4) is 0 Å². The normalized spacial score (nSPS) is 27.6. The minimum Gasteiger partial charge on any atom is -0.481 e. The fourth-order valence-corrected chi connectivity index (χ4v) is 5.07. The Balaban J connectivity index is 1.58. The van der Waals surface area contributed by atoms with E-state index in [4.69, 9.17) is 14.6 Å². The van der Waals surface area contributed by atoms with Crippen LogP contribution >= 0.6 is 11.8 Å². The lowest BCUT2D eigenvalue weighted by Gasteiger charge is -2.27. The van der Waals surface area contributed by atoms with E-state index in [-0.39, 0.29) is 6.42 Å². The van der Waals surface area contributed by atoms with Gasteiger partial charge >= 0.3 is 5.97 Å². The van der Waals surface area contributed by atoms with Crippen LogP contribution < -0.4 is 0 Å². The summed E-state index contributed by atoms with van der Waals surface area (Å²) < 4.78 is 11.8. The monoisotopic (exact) mass is 384 g/mol. The van der Waals surface area contributed by atoms with E-state index in [1.807, 2.05) is 11.8 Å². The van der Waals surface area contributed by atoms with Crippen molar-refractivity contribution in [2.45, 2.75) is 76.9 Å². The van der Waals surface area contributed by atoms with E-state index in [0.717, 1.165) is 18.8 Å². The van der Waals surface area contributed by atoms with Crippen molar-refractivity contribution >= 4 is 17.7 Å². The van der Waals surface area contributed by atoms with Crippen molar-refractivity contribution < 1.29 is 19.4 Å². The third kappa shape index (κ3) is 7.61. The lowest BCUT2D eigenvalue weighted by molar-refractivity contribution is -0.137. The Morgan fingerprint density at radius 1 is 1.15 bits per heavy atom. The molecule has 0 spiro atoms. The van der Waals surface area contributed by atoms with Gasteiger partial charge in [-0.15, -0.1) is 0 Å². The molecule has 1 N–H and O–H groups in total. The van der Waals surface area contributed by atoms with Crippen LogP contribution in [0.15, 0.2) is 12.2 Å². The van der Waals surface area contributed by atoms with Gasteiger partial charge in [-0.25, -0.2) is 0 Å². The number of thioether (sulfide) groups is 1. The van der Waals surface area contributed by atoms with Crippen molar-refractivity contribution in [2.75, 3.05) is 24.7 Å². The average molecular weight is 385 g/mol. The predicted molar refractivity (Wildman–Crippen MR) is 108 cm³/mol. The zero-order chi connectivity index (χ0) is 18.6. The molecular formula is C21H36O4S. The van der Waals surface area contributed by atoms with Crippen molar-refractivity contribution in [2.24, 2.45) is 11.8 Å². The van der Waals surface area contributed by atoms with Gasteiger partial charge in [0.15, 0.2) is 0 Å². The minimum absolute atomic E-state index is 0.198. The lowest BCUT2D eigenvalue weighted by Crippen LogP contribution is -2.28. The van der Waals surface area contributed by atoms with Crippen LogP contribution in [-0.2, 0) is 14.3 Å². The maximum absolute atomic E-state index is 10.5. The van der Waals surface area contributed by atoms with Gasteiger partial charge in [0.1, 0.15) is 0 Å². The number of aliphatic carboxylic acids is 1. The number of carbonyl (C=O) groups is 1. The fraction of sp³-hybridized carbons (Fsp3) is 0.857. The Kier molecular flexibility index (Phi) is 10.7. The van der Waals surface area contributed by atoms with Crippen LogP contribution in [0.2, 0.25) is 0 Å². The van der Waals surface area contributed by atoms with Crippen LogP contribution in [0, 0.1) is 11.8 Å². The number of ether oxygens (including phenoxy) is 2. The molecule has 2 aliphatic rings. The van der Waals surface area contributed by atoms with Crippen molar-refractivity contribution in [3.8, 4) is 0 Å². The molecule has 2 fully saturated rings. The Hall–Kier alpha value is -0.520. The van der Waals surface area contributed by atoms with E-state index in [0.29, 0.717) is 37.1 Å². The number of carboxylic acids is 1. The van der Waals surface area contributed by atoms with Gasteiger partial charge in [0, 0.05) is 25.4 Å². The third-order valence-corrected chi connectivity index (χ3v) is 6.52. The zero-order valence-corrected chi connectivity index (χ0v) is 17.1. The predicted octanol–water partition coefficient (Wildman–Crippen LogP) is 4.92. The summed E-state index contributed by atoms with van der Waals surface area (Å²) in [4.78, 5) is 10.5. The number of rotatable bonds is 15. The quantitative estimate of drug-likeness (QED) is 0.321. The molecule has 0 aromatic carbocycles. The van der Waals surface area contributed by atoms with E-state index in [1.165, 1.54) is 44.3 Å². The van der Waals surface area contributed by atoms with E-state index in [1.54, 1.807) is 0 Å². The minimum atomic E-state index is -0.743. The molecule has 0 aliphatic carbocycles. The summed E-state index contributed by atoms with van der Waals surface area (Å²) in [6, 6.07) is 0. The number of carboxylic acid groups (broad SMARTS) is 1. The molecule has 2 saturated heterocycles. The largest absolute Gasteiger partial charge is 0.481 e. The van der Waals surface area contributed by atoms with Crippen molar-refractivity contribution in [1.29, 1.82) is 0 Å². The van der Waals surface area contributed by atoms with Crippen molar-refractivity contribution in [1.82, 2.24) is 0 Å². The molecule has 0 aromatic heterocycles. The highest BCUT2D eigenvalue weighted by Gasteiger charge is 2.47. The highest BCUT2D eigenvalue weighted by molar-refractivity contribution is 7.99. The molecule has 2 aliphatic heterocycles. The van der Waals surface area contributed by atoms with E-state index in [9.17, 15) is 4.79 Å². The first-order chi connectivity index (χ1) is 12.7. The molecule has 2 bridgehead atoms. The molecule has 4 nitrogen and oxygen atoms in total. The molecule has 0 saturated carbocycles. The first-order valence-electron chi connectivity index (χ1n) is 10.4. The van der Waals surface area contributed by atoms with Crippen LogP contribution in [0.25, 0.3) is 0 Å². The summed E-state index contributed by atoms with van der Waals surface area (Å²) in [6.45, 7) is 3.52. The van der Waals surface area contributed by atoms with Crippen LogP contribution in [0.5, 0.6) is 0 Å². The molecule has 0 radical (unpaired) electrons. The number of hydrogen-bond donors (Lipinski definition) is 1. The molecule has 4 unspecified atom stereocenters. The lowest BCUT2D eigenvalue weighted by atomic mass is 9.76. The molecule has 2 rings (SSSR count). The maximum atomic E-state index is 10.5. The second kappa shape index (κ2) is 12.8. The topological polar surface area (TPSA) is 55.8 Å². The molecule has 4 atom stereocenters. The van der Waals surface area contributed by atoms with E-state index in [2.05, 4.69) is 19.1 Å². The summed E-state index contributed by atoms with van der Waals surface area (Å²) in [7, 11) is 0. The summed E-state index contributed by atoms with van der Waals surface area (Å²) in [5.41, 5.74) is 0. The number of unbranched alkanes of at least 4 members (excludes halogenated alkanes) is 2. The number of hydrogen-bond acceptors (Lipinski definition) is 4. The SMILES string of the molecule is CCCCC=CCSCCC1C2CCC(O2)C1CCOCCCC(=O)O. The Morgan fingerprint density at radius 2 is 1.92 bits per heavy atom. The van der Waals surface area contributed by atoms with Gasteiger partial charge in [0.05, 0.1) is 12.2 Å². The van der Waals surface area contributed by atoms with Crippen LogP contribution in [-0.4, -0.2) is 48.0 Å². The first-order valence-corrected chi connectivity index (χ1v) is 11.6. The first kappa shape index (κ1) is 21.8. The second-order valence-corrected chi connectivity index (χ2v) is 8.64. The summed E-state index contributed by atoms with van der Waals surface area (Å²) in [6.07, 6.45) is 14.9. The van der Waals surface area contributed by atoms with Gasteiger partial charge in [-0.2, -0.15) is 11.8 Å². The van der Waals surface area contributed by atoms with E-state index >= 15 is 0 Å². The molecule has 26 heavy (non-hydrogen) atoms. The number of allylic oxidation sites excluding steroid dienone is 1. The zero-order valence-electron chi connectivity index (χ0n) is 16.2. The smallest absolute Gasteiger partial charge is 0.303 e. The number of fused-ring (bicyclic) bond motifs is 2. The molecule has 5 heteroatoms. The Morgan fingerprint density at radius 3 is 2.65 bits per heavy atom. The van der Waals surface area contributed by atoms with Crippen LogP contribution in [0.1, 0.15) is 64.7 Å². The fourth-order valence-electron chi connectivity index (χ4n) is 4.20. The van der Waals surface area contributed by atoms with Gasteiger partial charge < -0.3 is 14.6 Å². The maximum Gasteiger partial charge on any atom is 0.303 e. The highest BCUT2D eigenvalue weighted by atomic mass is 32.2. The second-order valence-electron chi connectivity index (χ2n) is 7.49. The highest BCUT2D eigenvalue weighted by Crippen LogP contribution is 2.46. The molecule has 0 aromatic rings. The Labute approximate surface area is 163 Å². The van der Waals surface area contributed by atoms with Gasteiger partial charge in [-0.3, -0.25) is 4.79 Å². The van der Waals surface area contributed by atoms with Gasteiger partial charge in [0.2, 0.25) is 0 Å². The molecule has 0 amide bonds. The third-order valence-electron chi connectivity index (χ3n) is 5.57. The molecular weight excluding hydrogens is 348 g/mol.